The van der Waals surface area contributed by atoms with Gasteiger partial charge in [0, 0.05) is 6.04 Å². The van der Waals surface area contributed by atoms with Crippen LogP contribution in [0.5, 0.6) is 0 Å². The summed E-state index contributed by atoms with van der Waals surface area (Å²) >= 11 is 1.62. The summed E-state index contributed by atoms with van der Waals surface area (Å²) in [6.45, 7) is 6.43. The molecule has 1 saturated heterocycles. The van der Waals surface area contributed by atoms with Crippen molar-refractivity contribution in [3.63, 3.8) is 0 Å². The lowest BCUT2D eigenvalue weighted by molar-refractivity contribution is 0.154. The summed E-state index contributed by atoms with van der Waals surface area (Å²) < 4.78 is 14.2. The standard InChI is InChI=1S/C16H22FN3S/c1-2-9-20(13-5-7-18-8-6-13)11-16-19-14-4-3-12(17)10-15(14)21-16/h3-4,10,13,18H,2,5-9,11H2,1H3. The summed E-state index contributed by atoms with van der Waals surface area (Å²) in [6, 6.07) is 5.50. The molecule has 1 fully saturated rings. The third kappa shape index (κ3) is 3.59. The first-order chi connectivity index (χ1) is 10.3. The minimum Gasteiger partial charge on any atom is -0.317 e. The van der Waals surface area contributed by atoms with Crippen LogP contribution in [0, 0.1) is 5.82 Å². The summed E-state index contributed by atoms with van der Waals surface area (Å²) in [7, 11) is 0. The summed E-state index contributed by atoms with van der Waals surface area (Å²) in [5, 5.41) is 4.52. The van der Waals surface area contributed by atoms with Gasteiger partial charge >= 0.3 is 0 Å². The van der Waals surface area contributed by atoms with Gasteiger partial charge in [0.05, 0.1) is 16.8 Å². The maximum Gasteiger partial charge on any atom is 0.124 e. The molecule has 3 rings (SSSR count). The van der Waals surface area contributed by atoms with Crippen LogP contribution in [-0.4, -0.2) is 35.6 Å². The lowest BCUT2D eigenvalue weighted by atomic mass is 10.0. The van der Waals surface area contributed by atoms with Crippen molar-refractivity contribution in [2.75, 3.05) is 19.6 Å². The van der Waals surface area contributed by atoms with E-state index < -0.39 is 0 Å². The van der Waals surface area contributed by atoms with Gasteiger partial charge in [-0.1, -0.05) is 6.92 Å². The first kappa shape index (κ1) is 14.9. The number of rotatable bonds is 5. The number of aromatic nitrogens is 1. The van der Waals surface area contributed by atoms with Gasteiger partial charge < -0.3 is 5.32 Å². The van der Waals surface area contributed by atoms with Crippen molar-refractivity contribution in [3.05, 3.63) is 29.0 Å². The first-order valence-corrected chi connectivity index (χ1v) is 8.57. The zero-order chi connectivity index (χ0) is 14.7. The highest BCUT2D eigenvalue weighted by molar-refractivity contribution is 7.18. The number of piperidine rings is 1. The van der Waals surface area contributed by atoms with E-state index in [1.165, 1.54) is 18.9 Å². The predicted octanol–water partition coefficient (Wildman–Crippen LogP) is 3.40. The Balaban J connectivity index is 1.76. The number of hydrogen-bond donors (Lipinski definition) is 1. The quantitative estimate of drug-likeness (QED) is 0.917. The first-order valence-electron chi connectivity index (χ1n) is 7.76. The molecular weight excluding hydrogens is 285 g/mol. The second kappa shape index (κ2) is 6.81. The third-order valence-corrected chi connectivity index (χ3v) is 5.07. The predicted molar refractivity (Wildman–Crippen MR) is 86.2 cm³/mol. The van der Waals surface area contributed by atoms with E-state index in [1.807, 2.05) is 0 Å². The van der Waals surface area contributed by atoms with Gasteiger partial charge in [0.1, 0.15) is 10.8 Å². The van der Waals surface area contributed by atoms with E-state index in [4.69, 9.17) is 0 Å². The van der Waals surface area contributed by atoms with Crippen LogP contribution in [0.1, 0.15) is 31.2 Å². The molecule has 114 valence electrons. The molecule has 0 amide bonds. The summed E-state index contributed by atoms with van der Waals surface area (Å²) in [5.74, 6) is -0.179. The van der Waals surface area contributed by atoms with Gasteiger partial charge in [0.25, 0.3) is 0 Å². The molecule has 0 saturated carbocycles. The van der Waals surface area contributed by atoms with E-state index in [2.05, 4.69) is 22.1 Å². The van der Waals surface area contributed by atoms with Gasteiger partial charge in [-0.15, -0.1) is 11.3 Å². The largest absolute Gasteiger partial charge is 0.317 e. The average molecular weight is 307 g/mol. The fourth-order valence-corrected chi connectivity index (χ4v) is 4.06. The minimum absolute atomic E-state index is 0.179. The van der Waals surface area contributed by atoms with Gasteiger partial charge in [-0.05, 0) is 57.1 Å². The van der Waals surface area contributed by atoms with E-state index in [9.17, 15) is 4.39 Å². The van der Waals surface area contributed by atoms with Gasteiger partial charge in [-0.2, -0.15) is 0 Å². The number of benzene rings is 1. The topological polar surface area (TPSA) is 28.2 Å². The molecule has 5 heteroatoms. The van der Waals surface area contributed by atoms with Crippen molar-refractivity contribution in [3.8, 4) is 0 Å². The lowest BCUT2D eigenvalue weighted by Crippen LogP contribution is -2.43. The Morgan fingerprint density at radius 2 is 2.19 bits per heavy atom. The van der Waals surface area contributed by atoms with Crippen LogP contribution < -0.4 is 5.32 Å². The van der Waals surface area contributed by atoms with Gasteiger partial charge in [0.2, 0.25) is 0 Å². The molecule has 0 aliphatic carbocycles. The van der Waals surface area contributed by atoms with Crippen LogP contribution in [0.15, 0.2) is 18.2 Å². The van der Waals surface area contributed by atoms with Gasteiger partial charge in [-0.25, -0.2) is 9.37 Å². The number of fused-ring (bicyclic) bond motifs is 1. The van der Waals surface area contributed by atoms with Crippen LogP contribution in [-0.2, 0) is 6.54 Å². The van der Waals surface area contributed by atoms with Crippen LogP contribution in [0.3, 0.4) is 0 Å². The summed E-state index contributed by atoms with van der Waals surface area (Å²) in [6.07, 6.45) is 3.57. The van der Waals surface area contributed by atoms with E-state index in [0.29, 0.717) is 6.04 Å². The molecule has 1 aromatic heterocycles. The third-order valence-electron chi connectivity index (χ3n) is 4.07. The van der Waals surface area contributed by atoms with Crippen LogP contribution >= 0.6 is 11.3 Å². The monoisotopic (exact) mass is 307 g/mol. The number of nitrogens with one attached hydrogen (secondary N) is 1. The Hall–Kier alpha value is -1.04. The molecule has 1 N–H and O–H groups in total. The molecule has 1 aliphatic rings. The molecule has 0 atom stereocenters. The average Bonchev–Trinajstić information content (AvgIpc) is 2.89. The van der Waals surface area contributed by atoms with Gasteiger partial charge in [-0.3, -0.25) is 4.90 Å². The zero-order valence-electron chi connectivity index (χ0n) is 12.4. The Kier molecular flexibility index (Phi) is 4.83. The summed E-state index contributed by atoms with van der Waals surface area (Å²) in [5.41, 5.74) is 0.915. The Morgan fingerprint density at radius 3 is 2.95 bits per heavy atom. The van der Waals surface area contributed by atoms with Crippen LogP contribution in [0.25, 0.3) is 10.2 Å². The molecule has 1 aromatic carbocycles. The lowest BCUT2D eigenvalue weighted by Gasteiger charge is -2.33. The highest BCUT2D eigenvalue weighted by Crippen LogP contribution is 2.25. The number of nitrogens with zero attached hydrogens (tertiary/aromatic N) is 2. The Morgan fingerprint density at radius 1 is 1.38 bits per heavy atom. The molecule has 0 unspecified atom stereocenters. The van der Waals surface area contributed by atoms with Crippen molar-refractivity contribution >= 4 is 21.6 Å². The van der Waals surface area contributed by atoms with E-state index in [0.717, 1.165) is 47.8 Å². The zero-order valence-corrected chi connectivity index (χ0v) is 13.3. The molecule has 3 nitrogen and oxygen atoms in total. The van der Waals surface area contributed by atoms with E-state index in [1.54, 1.807) is 23.5 Å². The highest BCUT2D eigenvalue weighted by atomic mass is 32.1. The van der Waals surface area contributed by atoms with Crippen molar-refractivity contribution in [2.24, 2.45) is 0 Å². The minimum atomic E-state index is -0.179. The smallest absolute Gasteiger partial charge is 0.124 e. The van der Waals surface area contributed by atoms with Crippen molar-refractivity contribution in [1.29, 1.82) is 0 Å². The summed E-state index contributed by atoms with van der Waals surface area (Å²) in [4.78, 5) is 7.22. The van der Waals surface area contributed by atoms with Crippen LogP contribution in [0.4, 0.5) is 4.39 Å². The Labute approximate surface area is 129 Å². The maximum atomic E-state index is 13.3. The molecular formula is C16H22FN3S. The van der Waals surface area contributed by atoms with E-state index >= 15 is 0 Å². The normalized spacial score (nSPS) is 16.9. The van der Waals surface area contributed by atoms with Crippen molar-refractivity contribution in [2.45, 2.75) is 38.8 Å². The second-order valence-electron chi connectivity index (χ2n) is 5.67. The van der Waals surface area contributed by atoms with Crippen molar-refractivity contribution < 1.29 is 4.39 Å². The number of halogens is 1. The highest BCUT2D eigenvalue weighted by Gasteiger charge is 2.21. The number of thiazole rings is 1. The maximum absolute atomic E-state index is 13.3. The molecule has 2 aromatic rings. The molecule has 0 spiro atoms. The molecule has 21 heavy (non-hydrogen) atoms. The molecule has 2 heterocycles. The van der Waals surface area contributed by atoms with Gasteiger partial charge in [0.15, 0.2) is 0 Å². The fourth-order valence-electron chi connectivity index (χ4n) is 3.04. The molecule has 0 bridgehead atoms. The second-order valence-corrected chi connectivity index (χ2v) is 6.79. The van der Waals surface area contributed by atoms with E-state index in [-0.39, 0.29) is 5.82 Å². The fraction of sp³-hybridized carbons (Fsp3) is 0.562. The molecule has 0 radical (unpaired) electrons. The SMILES string of the molecule is CCCN(Cc1nc2ccc(F)cc2s1)C1CCNCC1. The number of hydrogen-bond acceptors (Lipinski definition) is 4. The van der Waals surface area contributed by atoms with Crippen LogP contribution in [0.2, 0.25) is 0 Å². The Bertz CT molecular complexity index is 592. The molecule has 1 aliphatic heterocycles. The van der Waals surface area contributed by atoms with Crippen molar-refractivity contribution in [1.82, 2.24) is 15.2 Å².